The second-order valence-corrected chi connectivity index (χ2v) is 8.82. The molecule has 4 rings (SSSR count). The standard InChI is InChI=1S/C25H22ClN3O2S/c1-17(18-8-3-2-4-9-18)15-27-23(30)16-32-25-28-22-13-6-5-12-21(22)24(31)29(25)20-11-7-10-19(26)14-20/h2-14,17H,15-16H2,1H3,(H,27,30). The van der Waals surface area contributed by atoms with Gasteiger partial charge in [0.1, 0.15) is 0 Å². The van der Waals surface area contributed by atoms with E-state index in [-0.39, 0.29) is 23.1 Å². The topological polar surface area (TPSA) is 64.0 Å². The second-order valence-electron chi connectivity index (χ2n) is 7.44. The van der Waals surface area contributed by atoms with Crippen LogP contribution in [0.2, 0.25) is 5.02 Å². The van der Waals surface area contributed by atoms with Crippen molar-refractivity contribution in [2.24, 2.45) is 0 Å². The summed E-state index contributed by atoms with van der Waals surface area (Å²) in [6.07, 6.45) is 0. The van der Waals surface area contributed by atoms with Gasteiger partial charge in [0.05, 0.1) is 22.3 Å². The number of benzene rings is 3. The van der Waals surface area contributed by atoms with E-state index >= 15 is 0 Å². The minimum absolute atomic E-state index is 0.113. The Balaban J connectivity index is 1.55. The maximum Gasteiger partial charge on any atom is 0.266 e. The molecule has 5 nitrogen and oxygen atoms in total. The molecule has 3 aromatic carbocycles. The Kier molecular flexibility index (Phi) is 6.93. The molecule has 1 heterocycles. The first-order valence-electron chi connectivity index (χ1n) is 10.2. The van der Waals surface area contributed by atoms with Gasteiger partial charge in [-0.15, -0.1) is 0 Å². The van der Waals surface area contributed by atoms with Crippen LogP contribution in [0.25, 0.3) is 16.6 Å². The average molecular weight is 464 g/mol. The highest BCUT2D eigenvalue weighted by molar-refractivity contribution is 7.99. The number of amides is 1. The van der Waals surface area contributed by atoms with Crippen LogP contribution in [-0.2, 0) is 4.79 Å². The first-order valence-corrected chi connectivity index (χ1v) is 11.6. The van der Waals surface area contributed by atoms with E-state index in [4.69, 9.17) is 11.6 Å². The number of para-hydroxylation sites is 1. The van der Waals surface area contributed by atoms with Crippen LogP contribution in [0.4, 0.5) is 0 Å². The molecule has 0 aliphatic rings. The van der Waals surface area contributed by atoms with Gasteiger partial charge in [-0.3, -0.25) is 14.2 Å². The van der Waals surface area contributed by atoms with Gasteiger partial charge < -0.3 is 5.32 Å². The molecule has 0 aliphatic heterocycles. The molecule has 32 heavy (non-hydrogen) atoms. The molecule has 0 fully saturated rings. The average Bonchev–Trinajstić information content (AvgIpc) is 2.82. The minimum atomic E-state index is -0.196. The number of aromatic nitrogens is 2. The van der Waals surface area contributed by atoms with Crippen molar-refractivity contribution in [3.8, 4) is 5.69 Å². The Morgan fingerprint density at radius 2 is 1.81 bits per heavy atom. The Bertz CT molecular complexity index is 1310. The van der Waals surface area contributed by atoms with Crippen molar-refractivity contribution >= 4 is 40.2 Å². The predicted molar refractivity (Wildman–Crippen MR) is 131 cm³/mol. The molecule has 1 aromatic heterocycles. The Labute approximate surface area is 195 Å². The maximum absolute atomic E-state index is 13.2. The molecular formula is C25H22ClN3O2S. The monoisotopic (exact) mass is 463 g/mol. The second kappa shape index (κ2) is 10.0. The van der Waals surface area contributed by atoms with E-state index in [1.165, 1.54) is 21.9 Å². The van der Waals surface area contributed by atoms with E-state index in [1.54, 1.807) is 36.4 Å². The van der Waals surface area contributed by atoms with E-state index in [0.29, 0.717) is 33.3 Å². The number of nitrogens with zero attached hydrogens (tertiary/aromatic N) is 2. The fourth-order valence-corrected chi connectivity index (χ4v) is 4.43. The van der Waals surface area contributed by atoms with Crippen molar-refractivity contribution in [2.45, 2.75) is 18.0 Å². The van der Waals surface area contributed by atoms with Gasteiger partial charge in [0.25, 0.3) is 5.56 Å². The van der Waals surface area contributed by atoms with Crippen LogP contribution in [0, 0.1) is 0 Å². The zero-order valence-corrected chi connectivity index (χ0v) is 19.1. The largest absolute Gasteiger partial charge is 0.355 e. The fraction of sp³-hybridized carbons (Fsp3) is 0.160. The zero-order chi connectivity index (χ0) is 22.5. The van der Waals surface area contributed by atoms with Gasteiger partial charge in [-0.25, -0.2) is 4.98 Å². The van der Waals surface area contributed by atoms with Crippen molar-refractivity contribution in [1.29, 1.82) is 0 Å². The summed E-state index contributed by atoms with van der Waals surface area (Å²) in [4.78, 5) is 30.4. The number of carbonyl (C=O) groups excluding carboxylic acids is 1. The van der Waals surface area contributed by atoms with E-state index in [2.05, 4.69) is 17.2 Å². The van der Waals surface area contributed by atoms with Gasteiger partial charge in [-0.2, -0.15) is 0 Å². The Hall–Kier alpha value is -3.09. The van der Waals surface area contributed by atoms with Gasteiger partial charge in [0, 0.05) is 11.6 Å². The van der Waals surface area contributed by atoms with Crippen LogP contribution in [0.1, 0.15) is 18.4 Å². The number of hydrogen-bond acceptors (Lipinski definition) is 4. The van der Waals surface area contributed by atoms with Gasteiger partial charge in [0.2, 0.25) is 5.91 Å². The van der Waals surface area contributed by atoms with E-state index in [9.17, 15) is 9.59 Å². The number of halogens is 1. The summed E-state index contributed by atoms with van der Waals surface area (Å²) in [5.41, 5.74) is 2.18. The molecule has 0 bridgehead atoms. The van der Waals surface area contributed by atoms with Crippen molar-refractivity contribution in [3.63, 3.8) is 0 Å². The number of hydrogen-bond donors (Lipinski definition) is 1. The molecular weight excluding hydrogens is 442 g/mol. The van der Waals surface area contributed by atoms with Crippen molar-refractivity contribution < 1.29 is 4.79 Å². The molecule has 0 aliphatic carbocycles. The van der Waals surface area contributed by atoms with E-state index in [0.717, 1.165) is 0 Å². The van der Waals surface area contributed by atoms with Crippen LogP contribution in [-0.4, -0.2) is 27.8 Å². The third kappa shape index (κ3) is 5.03. The van der Waals surface area contributed by atoms with E-state index < -0.39 is 0 Å². The predicted octanol–water partition coefficient (Wildman–Crippen LogP) is 5.05. The molecule has 1 atom stereocenters. The van der Waals surface area contributed by atoms with Crippen LogP contribution < -0.4 is 10.9 Å². The highest BCUT2D eigenvalue weighted by atomic mass is 35.5. The van der Waals surface area contributed by atoms with E-state index in [1.807, 2.05) is 42.5 Å². The molecule has 0 saturated heterocycles. The van der Waals surface area contributed by atoms with Gasteiger partial charge >= 0.3 is 0 Å². The number of nitrogens with one attached hydrogen (secondary N) is 1. The third-order valence-electron chi connectivity index (χ3n) is 5.12. The summed E-state index contributed by atoms with van der Waals surface area (Å²) < 4.78 is 1.51. The highest BCUT2D eigenvalue weighted by Gasteiger charge is 2.15. The quantitative estimate of drug-likeness (QED) is 0.307. The summed E-state index contributed by atoms with van der Waals surface area (Å²) in [7, 11) is 0. The highest BCUT2D eigenvalue weighted by Crippen LogP contribution is 2.23. The Morgan fingerprint density at radius 3 is 2.59 bits per heavy atom. The smallest absolute Gasteiger partial charge is 0.266 e. The molecule has 4 aromatic rings. The SMILES string of the molecule is CC(CNC(=O)CSc1nc2ccccc2c(=O)n1-c1cccc(Cl)c1)c1ccccc1. The molecule has 1 N–H and O–H groups in total. The van der Waals surface area contributed by atoms with Gasteiger partial charge in [-0.05, 0) is 41.8 Å². The lowest BCUT2D eigenvalue weighted by Gasteiger charge is -2.15. The van der Waals surface area contributed by atoms with Crippen molar-refractivity contribution in [3.05, 3.63) is 99.8 Å². The summed E-state index contributed by atoms with van der Waals surface area (Å²) in [5.74, 6) is 0.235. The molecule has 1 unspecified atom stereocenters. The lowest BCUT2D eigenvalue weighted by atomic mass is 10.0. The van der Waals surface area contributed by atoms with Crippen molar-refractivity contribution in [1.82, 2.24) is 14.9 Å². The summed E-state index contributed by atoms with van der Waals surface area (Å²) in [5, 5.41) is 4.45. The van der Waals surface area contributed by atoms with Gasteiger partial charge in [-0.1, -0.05) is 78.8 Å². The maximum atomic E-state index is 13.2. The zero-order valence-electron chi connectivity index (χ0n) is 17.5. The molecule has 0 radical (unpaired) electrons. The fourth-order valence-electron chi connectivity index (χ4n) is 3.40. The first kappa shape index (κ1) is 22.1. The number of fused-ring (bicyclic) bond motifs is 1. The van der Waals surface area contributed by atoms with Crippen LogP contribution in [0.3, 0.4) is 0 Å². The lowest BCUT2D eigenvalue weighted by molar-refractivity contribution is -0.118. The molecule has 162 valence electrons. The summed E-state index contributed by atoms with van der Waals surface area (Å²) in [6.45, 7) is 2.61. The molecule has 0 saturated carbocycles. The molecule has 7 heteroatoms. The first-order chi connectivity index (χ1) is 15.5. The third-order valence-corrected chi connectivity index (χ3v) is 6.29. The van der Waals surface area contributed by atoms with Crippen LogP contribution >= 0.6 is 23.4 Å². The van der Waals surface area contributed by atoms with Gasteiger partial charge in [0.15, 0.2) is 5.16 Å². The molecule has 1 amide bonds. The normalized spacial score (nSPS) is 11.9. The van der Waals surface area contributed by atoms with Crippen molar-refractivity contribution in [2.75, 3.05) is 12.3 Å². The summed E-state index contributed by atoms with van der Waals surface area (Å²) in [6, 6.07) is 24.3. The van der Waals surface area contributed by atoms with Crippen LogP contribution in [0.5, 0.6) is 0 Å². The number of carbonyl (C=O) groups is 1. The lowest BCUT2D eigenvalue weighted by Crippen LogP contribution is -2.29. The molecule has 0 spiro atoms. The number of rotatable bonds is 7. The number of thioether (sulfide) groups is 1. The minimum Gasteiger partial charge on any atom is -0.355 e. The van der Waals surface area contributed by atoms with Crippen LogP contribution in [0.15, 0.2) is 88.8 Å². The summed E-state index contributed by atoms with van der Waals surface area (Å²) >= 11 is 7.39. The Morgan fingerprint density at radius 1 is 1.06 bits per heavy atom.